The van der Waals surface area contributed by atoms with Gasteiger partial charge in [-0.2, -0.15) is 0 Å². The molecule has 0 radical (unpaired) electrons. The van der Waals surface area contributed by atoms with Gasteiger partial charge in [-0.3, -0.25) is 4.90 Å². The van der Waals surface area contributed by atoms with Crippen molar-refractivity contribution in [1.82, 2.24) is 4.90 Å². The normalized spacial score (nSPS) is 20.0. The average Bonchev–Trinajstić information content (AvgIpc) is 3.02. The van der Waals surface area contributed by atoms with Crippen molar-refractivity contribution in [3.05, 3.63) is 42.5 Å². The SMILES string of the molecule is C=CCC(N)(c1cccc(OC)c1)C(CC)N1CCCC1. The molecule has 2 atom stereocenters. The topological polar surface area (TPSA) is 38.5 Å². The predicted molar refractivity (Wildman–Crippen MR) is 88.6 cm³/mol. The van der Waals surface area contributed by atoms with Crippen molar-refractivity contribution < 1.29 is 4.74 Å². The van der Waals surface area contributed by atoms with Gasteiger partial charge in [0.15, 0.2) is 0 Å². The highest BCUT2D eigenvalue weighted by atomic mass is 16.5. The molecule has 1 aromatic rings. The van der Waals surface area contributed by atoms with Crippen LogP contribution in [0.5, 0.6) is 5.75 Å². The maximum absolute atomic E-state index is 6.92. The Morgan fingerprint density at radius 3 is 2.71 bits per heavy atom. The van der Waals surface area contributed by atoms with Crippen LogP contribution in [-0.4, -0.2) is 31.1 Å². The van der Waals surface area contributed by atoms with E-state index in [0.717, 1.165) is 37.2 Å². The van der Waals surface area contributed by atoms with Gasteiger partial charge in [-0.15, -0.1) is 6.58 Å². The molecule has 2 N–H and O–H groups in total. The van der Waals surface area contributed by atoms with Crippen LogP contribution in [0.3, 0.4) is 0 Å². The zero-order valence-electron chi connectivity index (χ0n) is 13.3. The van der Waals surface area contributed by atoms with E-state index in [1.807, 2.05) is 18.2 Å². The van der Waals surface area contributed by atoms with Gasteiger partial charge in [-0.25, -0.2) is 0 Å². The molecule has 3 nitrogen and oxygen atoms in total. The van der Waals surface area contributed by atoms with E-state index in [-0.39, 0.29) is 0 Å². The van der Waals surface area contributed by atoms with E-state index in [1.165, 1.54) is 12.8 Å². The van der Waals surface area contributed by atoms with Gasteiger partial charge in [0.05, 0.1) is 12.6 Å². The highest BCUT2D eigenvalue weighted by Crippen LogP contribution is 2.34. The summed E-state index contributed by atoms with van der Waals surface area (Å²) in [5.41, 5.74) is 7.65. The summed E-state index contributed by atoms with van der Waals surface area (Å²) in [5.74, 6) is 0.864. The average molecular weight is 288 g/mol. The zero-order valence-corrected chi connectivity index (χ0v) is 13.3. The summed E-state index contributed by atoms with van der Waals surface area (Å²) in [6.07, 6.45) is 6.31. The van der Waals surface area contributed by atoms with Gasteiger partial charge in [0.25, 0.3) is 0 Å². The van der Waals surface area contributed by atoms with Gasteiger partial charge >= 0.3 is 0 Å². The molecule has 0 saturated carbocycles. The van der Waals surface area contributed by atoms with E-state index in [4.69, 9.17) is 10.5 Å². The van der Waals surface area contributed by atoms with E-state index in [1.54, 1.807) is 7.11 Å². The molecule has 0 amide bonds. The van der Waals surface area contributed by atoms with Crippen LogP contribution in [0.15, 0.2) is 36.9 Å². The van der Waals surface area contributed by atoms with Crippen LogP contribution in [-0.2, 0) is 5.54 Å². The molecule has 2 unspecified atom stereocenters. The molecule has 1 aliphatic rings. The number of methoxy groups -OCH3 is 1. The molecular formula is C18H28N2O. The minimum Gasteiger partial charge on any atom is -0.497 e. The molecule has 0 bridgehead atoms. The molecule has 0 spiro atoms. The minimum absolute atomic E-state index is 0.338. The number of benzene rings is 1. The summed E-state index contributed by atoms with van der Waals surface area (Å²) >= 11 is 0. The lowest BCUT2D eigenvalue weighted by molar-refractivity contribution is 0.141. The quantitative estimate of drug-likeness (QED) is 0.782. The highest BCUT2D eigenvalue weighted by molar-refractivity contribution is 5.35. The molecule has 0 aromatic heterocycles. The second-order valence-electron chi connectivity index (χ2n) is 5.93. The van der Waals surface area contributed by atoms with Gasteiger partial charge < -0.3 is 10.5 Å². The largest absolute Gasteiger partial charge is 0.497 e. The number of hydrogen-bond acceptors (Lipinski definition) is 3. The van der Waals surface area contributed by atoms with Gasteiger partial charge in [-0.1, -0.05) is 25.1 Å². The van der Waals surface area contributed by atoms with Crippen LogP contribution < -0.4 is 10.5 Å². The fraction of sp³-hybridized carbons (Fsp3) is 0.556. The van der Waals surface area contributed by atoms with E-state index in [9.17, 15) is 0 Å². The third-order valence-electron chi connectivity index (χ3n) is 4.65. The first-order valence-corrected chi connectivity index (χ1v) is 7.94. The Morgan fingerprint density at radius 1 is 1.43 bits per heavy atom. The third-order valence-corrected chi connectivity index (χ3v) is 4.65. The van der Waals surface area contributed by atoms with Crippen molar-refractivity contribution in [3.8, 4) is 5.75 Å². The third kappa shape index (κ3) is 3.30. The van der Waals surface area contributed by atoms with Crippen molar-refractivity contribution in [2.24, 2.45) is 5.73 Å². The molecule has 2 rings (SSSR count). The molecule has 1 heterocycles. The summed E-state index contributed by atoms with van der Waals surface area (Å²) in [4.78, 5) is 2.54. The fourth-order valence-corrected chi connectivity index (χ4v) is 3.60. The molecule has 21 heavy (non-hydrogen) atoms. The minimum atomic E-state index is -0.407. The lowest BCUT2D eigenvalue weighted by Crippen LogP contribution is -2.55. The Balaban J connectivity index is 2.38. The van der Waals surface area contributed by atoms with Crippen molar-refractivity contribution in [1.29, 1.82) is 0 Å². The summed E-state index contributed by atoms with van der Waals surface area (Å²) in [5, 5.41) is 0. The Kier molecular flexibility index (Phi) is 5.43. The zero-order chi connectivity index (χ0) is 15.3. The van der Waals surface area contributed by atoms with Crippen LogP contribution in [0.25, 0.3) is 0 Å². The summed E-state index contributed by atoms with van der Waals surface area (Å²) < 4.78 is 5.37. The number of nitrogens with two attached hydrogens (primary N) is 1. The first-order valence-electron chi connectivity index (χ1n) is 7.94. The summed E-state index contributed by atoms with van der Waals surface area (Å²) in [6.45, 7) is 8.46. The van der Waals surface area contributed by atoms with E-state index in [0.29, 0.717) is 6.04 Å². The van der Waals surface area contributed by atoms with Crippen LogP contribution in [0.1, 0.15) is 38.2 Å². The summed E-state index contributed by atoms with van der Waals surface area (Å²) in [7, 11) is 1.70. The lowest BCUT2D eigenvalue weighted by atomic mass is 9.78. The Hall–Kier alpha value is -1.32. The molecular weight excluding hydrogens is 260 g/mol. The van der Waals surface area contributed by atoms with E-state index < -0.39 is 5.54 Å². The molecule has 1 aliphatic heterocycles. The van der Waals surface area contributed by atoms with E-state index >= 15 is 0 Å². The Bertz CT molecular complexity index is 468. The fourth-order valence-electron chi connectivity index (χ4n) is 3.60. The number of ether oxygens (including phenoxy) is 1. The van der Waals surface area contributed by atoms with Crippen molar-refractivity contribution in [2.75, 3.05) is 20.2 Å². The van der Waals surface area contributed by atoms with Gasteiger partial charge in [-0.05, 0) is 56.5 Å². The van der Waals surface area contributed by atoms with Crippen LogP contribution >= 0.6 is 0 Å². The van der Waals surface area contributed by atoms with Crippen molar-refractivity contribution >= 4 is 0 Å². The predicted octanol–water partition coefficient (Wildman–Crippen LogP) is 3.30. The molecule has 3 heteroatoms. The second kappa shape index (κ2) is 7.10. The number of likely N-dealkylation sites (tertiary alicyclic amines) is 1. The Labute approximate surface area is 128 Å². The first kappa shape index (κ1) is 16.1. The van der Waals surface area contributed by atoms with Crippen molar-refractivity contribution in [3.63, 3.8) is 0 Å². The van der Waals surface area contributed by atoms with Crippen LogP contribution in [0.4, 0.5) is 0 Å². The molecule has 1 aromatic carbocycles. The maximum Gasteiger partial charge on any atom is 0.119 e. The monoisotopic (exact) mass is 288 g/mol. The number of nitrogens with zero attached hydrogens (tertiary/aromatic N) is 1. The van der Waals surface area contributed by atoms with Gasteiger partial charge in [0, 0.05) is 6.04 Å². The van der Waals surface area contributed by atoms with Crippen molar-refractivity contribution in [2.45, 2.75) is 44.2 Å². The lowest BCUT2D eigenvalue weighted by Gasteiger charge is -2.42. The molecule has 1 fully saturated rings. The Morgan fingerprint density at radius 2 is 2.14 bits per heavy atom. The maximum atomic E-state index is 6.92. The van der Waals surface area contributed by atoms with E-state index in [2.05, 4.69) is 30.5 Å². The smallest absolute Gasteiger partial charge is 0.119 e. The standard InChI is InChI=1S/C18H28N2O/c1-4-11-18(19,15-9-8-10-16(14-15)21-3)17(5-2)20-12-6-7-13-20/h4,8-10,14,17H,1,5-7,11-13,19H2,2-3H3. The summed E-state index contributed by atoms with van der Waals surface area (Å²) in [6, 6.07) is 8.52. The van der Waals surface area contributed by atoms with Gasteiger partial charge in [0.1, 0.15) is 5.75 Å². The second-order valence-corrected chi connectivity index (χ2v) is 5.93. The number of hydrogen-bond donors (Lipinski definition) is 1. The molecule has 1 saturated heterocycles. The molecule has 116 valence electrons. The van der Waals surface area contributed by atoms with Crippen LogP contribution in [0.2, 0.25) is 0 Å². The molecule has 0 aliphatic carbocycles. The highest BCUT2D eigenvalue weighted by Gasteiger charge is 2.39. The first-order chi connectivity index (χ1) is 10.2. The van der Waals surface area contributed by atoms with Gasteiger partial charge in [0.2, 0.25) is 0 Å². The number of rotatable bonds is 7. The van der Waals surface area contributed by atoms with Crippen LogP contribution in [0, 0.1) is 0 Å².